The highest BCUT2D eigenvalue weighted by molar-refractivity contribution is 7.89. The zero-order valence-corrected chi connectivity index (χ0v) is 17.5. The van der Waals surface area contributed by atoms with Crippen molar-refractivity contribution in [1.82, 2.24) is 9.21 Å². The van der Waals surface area contributed by atoms with Gasteiger partial charge in [0, 0.05) is 37.8 Å². The van der Waals surface area contributed by atoms with Gasteiger partial charge in [0.25, 0.3) is 5.91 Å². The summed E-state index contributed by atoms with van der Waals surface area (Å²) in [4.78, 5) is 13.8. The van der Waals surface area contributed by atoms with Gasteiger partial charge >= 0.3 is 0 Å². The maximum atomic E-state index is 13.9. The Morgan fingerprint density at radius 2 is 1.52 bits per heavy atom. The summed E-state index contributed by atoms with van der Waals surface area (Å²) in [6.07, 6.45) is 0. The monoisotopic (exact) mass is 422 g/mol. The van der Waals surface area contributed by atoms with Gasteiger partial charge in [-0.3, -0.25) is 4.79 Å². The molecule has 2 aromatic rings. The van der Waals surface area contributed by atoms with E-state index in [0.717, 1.165) is 22.0 Å². The fourth-order valence-corrected chi connectivity index (χ4v) is 4.72. The van der Waals surface area contributed by atoms with E-state index in [1.54, 1.807) is 17.0 Å². The Kier molecular flexibility index (Phi) is 5.78. The van der Waals surface area contributed by atoms with E-state index >= 15 is 0 Å². The van der Waals surface area contributed by atoms with Crippen LogP contribution >= 0.6 is 0 Å². The van der Waals surface area contributed by atoms with Crippen LogP contribution in [0.4, 0.5) is 8.78 Å². The molecule has 8 heteroatoms. The Morgan fingerprint density at radius 1 is 0.931 bits per heavy atom. The summed E-state index contributed by atoms with van der Waals surface area (Å²) in [6.45, 7) is 6.76. The number of carbonyl (C=O) groups is 1. The minimum atomic E-state index is -4.09. The molecule has 3 rings (SSSR count). The highest BCUT2D eigenvalue weighted by atomic mass is 32.2. The SMILES string of the molecule is CC(C)(C)c1ccc(C(=O)N2CCN(S(=O)(=O)c3ccc(F)cc3F)CC2)cc1. The van der Waals surface area contributed by atoms with Gasteiger partial charge in [-0.15, -0.1) is 0 Å². The highest BCUT2D eigenvalue weighted by Crippen LogP contribution is 2.24. The molecule has 1 aliphatic heterocycles. The third-order valence-corrected chi connectivity index (χ3v) is 6.97. The van der Waals surface area contributed by atoms with E-state index in [2.05, 4.69) is 20.8 Å². The van der Waals surface area contributed by atoms with Crippen molar-refractivity contribution < 1.29 is 22.0 Å². The van der Waals surface area contributed by atoms with Crippen molar-refractivity contribution in [3.05, 3.63) is 65.2 Å². The molecule has 5 nitrogen and oxygen atoms in total. The Balaban J connectivity index is 1.69. The van der Waals surface area contributed by atoms with Gasteiger partial charge in [-0.1, -0.05) is 32.9 Å². The van der Waals surface area contributed by atoms with Crippen LogP contribution in [0, 0.1) is 11.6 Å². The second-order valence-corrected chi connectivity index (χ2v) is 10.0. The quantitative estimate of drug-likeness (QED) is 0.762. The van der Waals surface area contributed by atoms with Crippen LogP contribution in [0.3, 0.4) is 0 Å². The first-order valence-corrected chi connectivity index (χ1v) is 10.8. The molecule has 0 bridgehead atoms. The molecule has 0 unspecified atom stereocenters. The molecule has 0 atom stereocenters. The van der Waals surface area contributed by atoms with Crippen molar-refractivity contribution in [2.24, 2.45) is 0 Å². The lowest BCUT2D eigenvalue weighted by Crippen LogP contribution is -2.50. The molecular formula is C21H24F2N2O3S. The molecule has 1 fully saturated rings. The minimum Gasteiger partial charge on any atom is -0.336 e. The van der Waals surface area contributed by atoms with Gasteiger partial charge in [0.1, 0.15) is 16.5 Å². The molecule has 0 aliphatic carbocycles. The molecule has 2 aromatic carbocycles. The smallest absolute Gasteiger partial charge is 0.253 e. The van der Waals surface area contributed by atoms with Crippen LogP contribution < -0.4 is 0 Å². The van der Waals surface area contributed by atoms with Gasteiger partial charge in [0.05, 0.1) is 0 Å². The Bertz CT molecular complexity index is 1010. The Labute approximate surface area is 170 Å². The van der Waals surface area contributed by atoms with Crippen LogP contribution in [-0.4, -0.2) is 49.7 Å². The molecule has 0 saturated carbocycles. The topological polar surface area (TPSA) is 57.7 Å². The Hall–Kier alpha value is -2.32. The van der Waals surface area contributed by atoms with E-state index in [-0.39, 0.29) is 37.5 Å². The molecule has 0 aromatic heterocycles. The molecule has 0 spiro atoms. The van der Waals surface area contributed by atoms with Crippen LogP contribution in [-0.2, 0) is 15.4 Å². The van der Waals surface area contributed by atoms with E-state index in [1.807, 2.05) is 12.1 Å². The van der Waals surface area contributed by atoms with Gasteiger partial charge in [0.2, 0.25) is 10.0 Å². The summed E-state index contributed by atoms with van der Waals surface area (Å²) < 4.78 is 53.4. The minimum absolute atomic E-state index is 0.0167. The standard InChI is InChI=1S/C21H24F2N2O3S/c1-21(2,3)16-6-4-15(5-7-16)20(26)24-10-12-25(13-11-24)29(27,28)19-9-8-17(22)14-18(19)23/h4-9,14H,10-13H2,1-3H3. The fraction of sp³-hybridized carbons (Fsp3) is 0.381. The van der Waals surface area contributed by atoms with Crippen LogP contribution in [0.2, 0.25) is 0 Å². The summed E-state index contributed by atoms with van der Waals surface area (Å²) in [5.74, 6) is -2.13. The van der Waals surface area contributed by atoms with Gasteiger partial charge in [-0.25, -0.2) is 17.2 Å². The summed E-state index contributed by atoms with van der Waals surface area (Å²) in [6, 6.07) is 9.79. The molecule has 1 aliphatic rings. The number of hydrogen-bond donors (Lipinski definition) is 0. The largest absolute Gasteiger partial charge is 0.336 e. The fourth-order valence-electron chi connectivity index (χ4n) is 3.25. The summed E-state index contributed by atoms with van der Waals surface area (Å²) in [5, 5.41) is 0. The normalized spacial score (nSPS) is 16.1. The average molecular weight is 422 g/mol. The van der Waals surface area contributed by atoms with Crippen LogP contribution in [0.25, 0.3) is 0 Å². The van der Waals surface area contributed by atoms with Crippen molar-refractivity contribution in [3.8, 4) is 0 Å². The third-order valence-electron chi connectivity index (χ3n) is 5.04. The number of hydrogen-bond acceptors (Lipinski definition) is 3. The maximum Gasteiger partial charge on any atom is 0.253 e. The predicted molar refractivity (Wildman–Crippen MR) is 106 cm³/mol. The lowest BCUT2D eigenvalue weighted by atomic mass is 9.86. The number of rotatable bonds is 3. The second-order valence-electron chi connectivity index (χ2n) is 8.10. The molecule has 0 radical (unpaired) electrons. The number of piperazine rings is 1. The number of amides is 1. The van der Waals surface area contributed by atoms with Crippen LogP contribution in [0.15, 0.2) is 47.4 Å². The van der Waals surface area contributed by atoms with Crippen molar-refractivity contribution >= 4 is 15.9 Å². The van der Waals surface area contributed by atoms with E-state index in [1.165, 1.54) is 0 Å². The van der Waals surface area contributed by atoms with Gasteiger partial charge < -0.3 is 4.90 Å². The van der Waals surface area contributed by atoms with Crippen molar-refractivity contribution in [3.63, 3.8) is 0 Å². The molecule has 29 heavy (non-hydrogen) atoms. The molecule has 0 N–H and O–H groups in total. The van der Waals surface area contributed by atoms with Crippen molar-refractivity contribution in [2.75, 3.05) is 26.2 Å². The van der Waals surface area contributed by atoms with Crippen LogP contribution in [0.1, 0.15) is 36.7 Å². The first-order chi connectivity index (χ1) is 13.5. The van der Waals surface area contributed by atoms with Gasteiger partial charge in [-0.2, -0.15) is 4.31 Å². The number of nitrogens with zero attached hydrogens (tertiary/aromatic N) is 2. The highest BCUT2D eigenvalue weighted by Gasteiger charge is 2.32. The number of carbonyl (C=O) groups excluding carboxylic acids is 1. The van der Waals surface area contributed by atoms with Crippen molar-refractivity contribution in [2.45, 2.75) is 31.1 Å². The first kappa shape index (κ1) is 21.4. The van der Waals surface area contributed by atoms with Crippen molar-refractivity contribution in [1.29, 1.82) is 0 Å². The van der Waals surface area contributed by atoms with E-state index in [4.69, 9.17) is 0 Å². The third kappa shape index (κ3) is 4.48. The first-order valence-electron chi connectivity index (χ1n) is 9.35. The lowest BCUT2D eigenvalue weighted by molar-refractivity contribution is 0.0697. The zero-order chi connectivity index (χ0) is 21.4. The van der Waals surface area contributed by atoms with E-state index < -0.39 is 26.6 Å². The average Bonchev–Trinajstić information content (AvgIpc) is 2.66. The summed E-state index contributed by atoms with van der Waals surface area (Å²) >= 11 is 0. The lowest BCUT2D eigenvalue weighted by Gasteiger charge is -2.34. The second kappa shape index (κ2) is 7.84. The molecule has 1 heterocycles. The Morgan fingerprint density at radius 3 is 2.03 bits per heavy atom. The number of halogens is 2. The maximum absolute atomic E-state index is 13.9. The van der Waals surface area contributed by atoms with Gasteiger partial charge in [-0.05, 0) is 35.2 Å². The summed E-state index contributed by atoms with van der Waals surface area (Å²) in [5.41, 5.74) is 1.64. The van der Waals surface area contributed by atoms with Gasteiger partial charge in [0.15, 0.2) is 0 Å². The number of sulfonamides is 1. The molecule has 156 valence electrons. The van der Waals surface area contributed by atoms with Crippen LogP contribution in [0.5, 0.6) is 0 Å². The zero-order valence-electron chi connectivity index (χ0n) is 16.7. The van der Waals surface area contributed by atoms with E-state index in [0.29, 0.717) is 11.6 Å². The summed E-state index contributed by atoms with van der Waals surface area (Å²) in [7, 11) is -4.09. The number of benzene rings is 2. The van der Waals surface area contributed by atoms with E-state index in [9.17, 15) is 22.0 Å². The molecule has 1 saturated heterocycles. The molecule has 1 amide bonds. The molecular weight excluding hydrogens is 398 g/mol. The predicted octanol–water partition coefficient (Wildman–Crippen LogP) is 3.41.